The molecule has 0 saturated heterocycles. The van der Waals surface area contributed by atoms with Crippen LogP contribution in [0.3, 0.4) is 0 Å². The van der Waals surface area contributed by atoms with Crippen LogP contribution < -0.4 is 10.1 Å². The Hall–Kier alpha value is -1.55. The number of hydrogen-bond donors (Lipinski definition) is 1. The fourth-order valence-corrected chi connectivity index (χ4v) is 1.56. The predicted molar refractivity (Wildman–Crippen MR) is 75.2 cm³/mol. The Morgan fingerprint density at radius 2 is 1.84 bits per heavy atom. The molecule has 0 aliphatic carbocycles. The van der Waals surface area contributed by atoms with Crippen LogP contribution in [0.2, 0.25) is 0 Å². The number of esters is 1. The largest absolute Gasteiger partial charge is 0.497 e. The van der Waals surface area contributed by atoms with E-state index in [0.29, 0.717) is 13.0 Å². The first-order valence-corrected chi connectivity index (χ1v) is 6.46. The van der Waals surface area contributed by atoms with Crippen LogP contribution in [0.1, 0.15) is 32.8 Å². The molecule has 0 amide bonds. The molecule has 0 spiro atoms. The highest BCUT2D eigenvalue weighted by Crippen LogP contribution is 2.11. The molecule has 0 aromatic heterocycles. The second-order valence-electron chi connectivity index (χ2n) is 5.36. The minimum Gasteiger partial charge on any atom is -0.497 e. The first kappa shape index (κ1) is 15.5. The summed E-state index contributed by atoms with van der Waals surface area (Å²) in [5, 5.41) is 3.21. The third-order valence-corrected chi connectivity index (χ3v) is 2.41. The van der Waals surface area contributed by atoms with Gasteiger partial charge in [0, 0.05) is 13.1 Å². The van der Waals surface area contributed by atoms with Gasteiger partial charge in [-0.15, -0.1) is 0 Å². The van der Waals surface area contributed by atoms with Gasteiger partial charge in [0.05, 0.1) is 13.5 Å². The maximum atomic E-state index is 11.5. The second kappa shape index (κ2) is 7.14. The summed E-state index contributed by atoms with van der Waals surface area (Å²) in [5.41, 5.74) is 0.748. The van der Waals surface area contributed by atoms with Crippen molar-refractivity contribution in [2.45, 2.75) is 39.3 Å². The van der Waals surface area contributed by atoms with E-state index in [9.17, 15) is 4.79 Å². The van der Waals surface area contributed by atoms with Crippen molar-refractivity contribution in [3.8, 4) is 5.75 Å². The van der Waals surface area contributed by atoms with E-state index in [0.717, 1.165) is 17.9 Å². The van der Waals surface area contributed by atoms with Crippen molar-refractivity contribution in [1.82, 2.24) is 5.32 Å². The molecule has 4 nitrogen and oxygen atoms in total. The molecule has 0 atom stereocenters. The third-order valence-electron chi connectivity index (χ3n) is 2.41. The third kappa shape index (κ3) is 6.82. The van der Waals surface area contributed by atoms with Crippen LogP contribution >= 0.6 is 0 Å². The Bertz CT molecular complexity index is 393. The van der Waals surface area contributed by atoms with Crippen molar-refractivity contribution >= 4 is 5.97 Å². The van der Waals surface area contributed by atoms with E-state index in [1.807, 2.05) is 45.0 Å². The van der Waals surface area contributed by atoms with E-state index >= 15 is 0 Å². The van der Waals surface area contributed by atoms with Crippen molar-refractivity contribution < 1.29 is 14.3 Å². The Balaban J connectivity index is 2.21. The summed E-state index contributed by atoms with van der Waals surface area (Å²) in [6.45, 7) is 6.95. The molecule has 0 fully saturated rings. The molecule has 0 bridgehead atoms. The normalized spacial score (nSPS) is 11.2. The molecule has 0 radical (unpaired) electrons. The average molecular weight is 265 g/mol. The number of ether oxygens (including phenoxy) is 2. The quantitative estimate of drug-likeness (QED) is 0.634. The van der Waals surface area contributed by atoms with Gasteiger partial charge in [-0.25, -0.2) is 0 Å². The minimum atomic E-state index is -0.410. The lowest BCUT2D eigenvalue weighted by atomic mass is 10.2. The van der Waals surface area contributed by atoms with Gasteiger partial charge >= 0.3 is 5.97 Å². The fourth-order valence-electron chi connectivity index (χ4n) is 1.56. The Kier molecular flexibility index (Phi) is 5.83. The first-order chi connectivity index (χ1) is 8.90. The van der Waals surface area contributed by atoms with Crippen LogP contribution in [-0.4, -0.2) is 25.2 Å². The Morgan fingerprint density at radius 1 is 1.21 bits per heavy atom. The molecule has 106 valence electrons. The van der Waals surface area contributed by atoms with Crippen LogP contribution in [0.15, 0.2) is 24.3 Å². The highest BCUT2D eigenvalue weighted by molar-refractivity contribution is 5.70. The van der Waals surface area contributed by atoms with Gasteiger partial charge in [-0.3, -0.25) is 4.79 Å². The van der Waals surface area contributed by atoms with E-state index in [1.165, 1.54) is 0 Å². The molecule has 1 N–H and O–H groups in total. The topological polar surface area (TPSA) is 47.6 Å². The smallest absolute Gasteiger partial charge is 0.307 e. The van der Waals surface area contributed by atoms with Crippen molar-refractivity contribution in [3.63, 3.8) is 0 Å². The molecular formula is C15H23NO3. The molecule has 1 aromatic rings. The summed E-state index contributed by atoms with van der Waals surface area (Å²) in [4.78, 5) is 11.5. The van der Waals surface area contributed by atoms with Crippen molar-refractivity contribution in [2.24, 2.45) is 0 Å². The number of carbonyl (C=O) groups excluding carboxylic acids is 1. The lowest BCUT2D eigenvalue weighted by molar-refractivity contribution is -0.154. The first-order valence-electron chi connectivity index (χ1n) is 6.46. The maximum Gasteiger partial charge on any atom is 0.307 e. The monoisotopic (exact) mass is 265 g/mol. The van der Waals surface area contributed by atoms with Crippen LogP contribution in [0.4, 0.5) is 0 Å². The number of methoxy groups -OCH3 is 1. The number of nitrogens with one attached hydrogen (secondary N) is 1. The highest BCUT2D eigenvalue weighted by Gasteiger charge is 2.15. The van der Waals surface area contributed by atoms with Crippen LogP contribution in [0.25, 0.3) is 0 Å². The summed E-state index contributed by atoms with van der Waals surface area (Å²) in [6, 6.07) is 7.84. The number of rotatable bonds is 6. The lowest BCUT2D eigenvalue weighted by Gasteiger charge is -2.19. The van der Waals surface area contributed by atoms with Gasteiger partial charge in [-0.05, 0) is 38.5 Å². The average Bonchev–Trinajstić information content (AvgIpc) is 2.33. The summed E-state index contributed by atoms with van der Waals surface area (Å²) in [7, 11) is 1.65. The fraction of sp³-hybridized carbons (Fsp3) is 0.533. The zero-order valence-electron chi connectivity index (χ0n) is 12.2. The Morgan fingerprint density at radius 3 is 2.37 bits per heavy atom. The zero-order chi connectivity index (χ0) is 14.3. The summed E-state index contributed by atoms with van der Waals surface area (Å²) < 4.78 is 10.3. The van der Waals surface area contributed by atoms with Gasteiger partial charge in [-0.2, -0.15) is 0 Å². The van der Waals surface area contributed by atoms with Gasteiger partial charge in [-0.1, -0.05) is 12.1 Å². The van der Waals surface area contributed by atoms with Gasteiger partial charge in [0.15, 0.2) is 0 Å². The molecule has 0 unspecified atom stereocenters. The van der Waals surface area contributed by atoms with E-state index in [4.69, 9.17) is 9.47 Å². The molecule has 19 heavy (non-hydrogen) atoms. The zero-order valence-corrected chi connectivity index (χ0v) is 12.2. The number of carbonyl (C=O) groups is 1. The van der Waals surface area contributed by atoms with Crippen LogP contribution in [0.5, 0.6) is 5.75 Å². The minimum absolute atomic E-state index is 0.172. The standard InChI is InChI=1S/C15H23NO3/c1-15(2,3)19-14(17)9-10-16-11-12-5-7-13(18-4)8-6-12/h5-8,16H,9-11H2,1-4H3. The van der Waals surface area contributed by atoms with Gasteiger partial charge < -0.3 is 14.8 Å². The predicted octanol–water partition coefficient (Wildman–Crippen LogP) is 2.52. The number of benzene rings is 1. The summed E-state index contributed by atoms with van der Waals surface area (Å²) in [5.74, 6) is 0.673. The van der Waals surface area contributed by atoms with Crippen LogP contribution in [0, 0.1) is 0 Å². The second-order valence-corrected chi connectivity index (χ2v) is 5.36. The van der Waals surface area contributed by atoms with E-state index in [2.05, 4.69) is 5.32 Å². The van der Waals surface area contributed by atoms with Gasteiger partial charge in [0.1, 0.15) is 11.4 Å². The van der Waals surface area contributed by atoms with Crippen molar-refractivity contribution in [1.29, 1.82) is 0 Å². The summed E-state index contributed by atoms with van der Waals surface area (Å²) in [6.07, 6.45) is 0.382. The molecule has 1 aromatic carbocycles. The molecule has 0 saturated carbocycles. The van der Waals surface area contributed by atoms with E-state index in [-0.39, 0.29) is 5.97 Å². The molecule has 4 heteroatoms. The molecular weight excluding hydrogens is 242 g/mol. The molecule has 0 heterocycles. The van der Waals surface area contributed by atoms with Gasteiger partial charge in [0.25, 0.3) is 0 Å². The van der Waals surface area contributed by atoms with Crippen molar-refractivity contribution in [2.75, 3.05) is 13.7 Å². The van der Waals surface area contributed by atoms with Crippen LogP contribution in [-0.2, 0) is 16.1 Å². The number of hydrogen-bond acceptors (Lipinski definition) is 4. The lowest BCUT2D eigenvalue weighted by Crippen LogP contribution is -2.26. The maximum absolute atomic E-state index is 11.5. The van der Waals surface area contributed by atoms with Gasteiger partial charge in [0.2, 0.25) is 0 Å². The molecule has 1 rings (SSSR count). The van der Waals surface area contributed by atoms with E-state index < -0.39 is 5.60 Å². The highest BCUT2D eigenvalue weighted by atomic mass is 16.6. The van der Waals surface area contributed by atoms with Crippen molar-refractivity contribution in [3.05, 3.63) is 29.8 Å². The van der Waals surface area contributed by atoms with E-state index in [1.54, 1.807) is 7.11 Å². The molecule has 0 aliphatic heterocycles. The molecule has 0 aliphatic rings. The Labute approximate surface area is 115 Å². The summed E-state index contributed by atoms with van der Waals surface area (Å²) >= 11 is 0. The SMILES string of the molecule is COc1ccc(CNCCC(=O)OC(C)(C)C)cc1.